The second-order valence-electron chi connectivity index (χ2n) is 7.54. The van der Waals surface area contributed by atoms with Gasteiger partial charge in [-0.15, -0.1) is 0 Å². The molecule has 0 radical (unpaired) electrons. The zero-order valence-electron chi connectivity index (χ0n) is 17.4. The number of hydrogen-bond donors (Lipinski definition) is 3. The number of benzene rings is 2. The molecular weight excluding hydrogens is 366 g/mol. The summed E-state index contributed by atoms with van der Waals surface area (Å²) in [5, 5.41) is 24.3. The van der Waals surface area contributed by atoms with E-state index in [2.05, 4.69) is 11.9 Å². The summed E-state index contributed by atoms with van der Waals surface area (Å²) in [7, 11) is 3.53. The molecular formula is C23H27N3O3. The number of aromatic nitrogens is 1. The van der Waals surface area contributed by atoms with Crippen molar-refractivity contribution in [2.45, 2.75) is 26.7 Å². The number of aryl methyl sites for hydroxylation is 2. The van der Waals surface area contributed by atoms with Crippen molar-refractivity contribution in [1.29, 1.82) is 0 Å². The average molecular weight is 393 g/mol. The third-order valence-electron chi connectivity index (χ3n) is 5.20. The molecule has 0 aliphatic carbocycles. The van der Waals surface area contributed by atoms with Crippen LogP contribution in [0.3, 0.4) is 0 Å². The summed E-state index contributed by atoms with van der Waals surface area (Å²) in [5.41, 5.74) is 4.17. The lowest BCUT2D eigenvalue weighted by Gasteiger charge is -2.26. The third kappa shape index (κ3) is 3.53. The average Bonchev–Trinajstić information content (AvgIpc) is 2.95. The molecule has 1 aromatic heterocycles. The van der Waals surface area contributed by atoms with E-state index in [1.54, 1.807) is 13.1 Å². The van der Waals surface area contributed by atoms with Crippen LogP contribution < -0.4 is 10.2 Å². The van der Waals surface area contributed by atoms with Gasteiger partial charge in [-0.05, 0) is 48.2 Å². The zero-order valence-corrected chi connectivity index (χ0v) is 17.4. The van der Waals surface area contributed by atoms with Crippen molar-refractivity contribution >= 4 is 28.3 Å². The molecule has 0 atom stereocenters. The molecule has 152 valence electrons. The number of carbonyl (C=O) groups excluding carboxylic acids is 1. The maximum atomic E-state index is 12.8. The van der Waals surface area contributed by atoms with Crippen LogP contribution in [0.25, 0.3) is 16.6 Å². The molecule has 6 nitrogen and oxygen atoms in total. The van der Waals surface area contributed by atoms with E-state index in [1.165, 1.54) is 11.0 Å². The minimum Gasteiger partial charge on any atom is -0.508 e. The van der Waals surface area contributed by atoms with Crippen LogP contribution >= 0.6 is 0 Å². The SMILES string of the molecule is C=C(c1cc(C(C)C)c(O)cc1O)N(C(=O)NC)c1ccc2c(c1)c(C)cn2C. The largest absolute Gasteiger partial charge is 0.508 e. The molecule has 3 rings (SSSR count). The van der Waals surface area contributed by atoms with E-state index in [0.29, 0.717) is 22.5 Å². The van der Waals surface area contributed by atoms with Gasteiger partial charge in [-0.25, -0.2) is 4.79 Å². The van der Waals surface area contributed by atoms with Crippen molar-refractivity contribution in [3.05, 3.63) is 59.8 Å². The number of hydrogen-bond acceptors (Lipinski definition) is 3. The molecule has 1 heterocycles. The van der Waals surface area contributed by atoms with Crippen molar-refractivity contribution in [2.75, 3.05) is 11.9 Å². The van der Waals surface area contributed by atoms with Gasteiger partial charge in [0.05, 0.1) is 11.4 Å². The van der Waals surface area contributed by atoms with Crippen molar-refractivity contribution in [3.8, 4) is 11.5 Å². The molecule has 29 heavy (non-hydrogen) atoms. The number of fused-ring (bicyclic) bond motifs is 1. The number of urea groups is 1. The molecule has 6 heteroatoms. The Morgan fingerprint density at radius 3 is 2.48 bits per heavy atom. The first-order valence-corrected chi connectivity index (χ1v) is 9.48. The summed E-state index contributed by atoms with van der Waals surface area (Å²) < 4.78 is 2.04. The Morgan fingerprint density at radius 2 is 1.86 bits per heavy atom. The molecule has 0 unspecified atom stereocenters. The minimum atomic E-state index is -0.374. The summed E-state index contributed by atoms with van der Waals surface area (Å²) in [6, 6.07) is 8.34. The Kier molecular flexibility index (Phi) is 5.29. The second-order valence-corrected chi connectivity index (χ2v) is 7.54. The van der Waals surface area contributed by atoms with Crippen LogP contribution in [0.4, 0.5) is 10.5 Å². The standard InChI is InChI=1S/C23H27N3O3/c1-13(2)17-10-19(22(28)11-21(17)27)15(4)26(23(29)24-5)16-7-8-20-18(9-16)14(3)12-25(20)6/h7-13,27-28H,4H2,1-3,5-6H3,(H,24,29). The molecule has 0 fully saturated rings. The molecule has 0 saturated heterocycles. The maximum absolute atomic E-state index is 12.8. The quantitative estimate of drug-likeness (QED) is 0.594. The van der Waals surface area contributed by atoms with Crippen LogP contribution in [0.2, 0.25) is 0 Å². The van der Waals surface area contributed by atoms with Gasteiger partial charge >= 0.3 is 6.03 Å². The van der Waals surface area contributed by atoms with Gasteiger partial charge in [-0.2, -0.15) is 0 Å². The van der Waals surface area contributed by atoms with E-state index >= 15 is 0 Å². The predicted octanol–water partition coefficient (Wildman–Crippen LogP) is 4.84. The highest BCUT2D eigenvalue weighted by atomic mass is 16.3. The van der Waals surface area contributed by atoms with E-state index in [9.17, 15) is 15.0 Å². The molecule has 0 aliphatic rings. The topological polar surface area (TPSA) is 77.7 Å². The van der Waals surface area contributed by atoms with Crippen LogP contribution in [-0.2, 0) is 7.05 Å². The fourth-order valence-corrected chi connectivity index (χ4v) is 3.63. The predicted molar refractivity (Wildman–Crippen MR) is 117 cm³/mol. The lowest BCUT2D eigenvalue weighted by molar-refractivity contribution is 0.250. The summed E-state index contributed by atoms with van der Waals surface area (Å²) in [6.45, 7) is 10.00. The molecule has 0 saturated carbocycles. The number of phenolic OH excluding ortho intramolecular Hbond substituents is 2. The molecule has 0 bridgehead atoms. The third-order valence-corrected chi connectivity index (χ3v) is 5.20. The number of phenols is 2. The van der Waals surface area contributed by atoms with Crippen LogP contribution in [0.1, 0.15) is 36.5 Å². The van der Waals surface area contributed by atoms with E-state index in [0.717, 1.165) is 16.5 Å². The highest BCUT2D eigenvalue weighted by Crippen LogP contribution is 2.38. The highest BCUT2D eigenvalue weighted by Gasteiger charge is 2.23. The second kappa shape index (κ2) is 7.54. The summed E-state index contributed by atoms with van der Waals surface area (Å²) in [5.74, 6) is -0.0800. The van der Waals surface area contributed by atoms with Crippen molar-refractivity contribution < 1.29 is 15.0 Å². The molecule has 0 spiro atoms. The Morgan fingerprint density at radius 1 is 1.17 bits per heavy atom. The molecule has 3 N–H and O–H groups in total. The van der Waals surface area contributed by atoms with E-state index in [-0.39, 0.29) is 23.4 Å². The normalized spacial score (nSPS) is 11.1. The van der Waals surface area contributed by atoms with E-state index < -0.39 is 0 Å². The number of carbonyl (C=O) groups is 1. The van der Waals surface area contributed by atoms with Gasteiger partial charge in [-0.3, -0.25) is 4.90 Å². The molecule has 2 aromatic carbocycles. The van der Waals surface area contributed by atoms with Crippen LogP contribution in [0.5, 0.6) is 11.5 Å². The summed E-state index contributed by atoms with van der Waals surface area (Å²) >= 11 is 0. The Bertz CT molecular complexity index is 1110. The van der Waals surface area contributed by atoms with Crippen LogP contribution in [0.15, 0.2) is 43.1 Å². The van der Waals surface area contributed by atoms with Crippen molar-refractivity contribution in [1.82, 2.24) is 9.88 Å². The number of rotatable bonds is 4. The number of aromatic hydroxyl groups is 2. The number of nitrogens with zero attached hydrogens (tertiary/aromatic N) is 2. The van der Waals surface area contributed by atoms with Gasteiger partial charge in [-0.1, -0.05) is 20.4 Å². The monoisotopic (exact) mass is 393 g/mol. The lowest BCUT2D eigenvalue weighted by Crippen LogP contribution is -2.36. The summed E-state index contributed by atoms with van der Waals surface area (Å²) in [4.78, 5) is 14.2. The molecule has 0 aliphatic heterocycles. The molecule has 2 amide bonds. The van der Waals surface area contributed by atoms with Gasteiger partial charge in [0.2, 0.25) is 0 Å². The maximum Gasteiger partial charge on any atom is 0.326 e. The number of amides is 2. The van der Waals surface area contributed by atoms with Crippen LogP contribution in [0, 0.1) is 6.92 Å². The van der Waals surface area contributed by atoms with Crippen molar-refractivity contribution in [2.24, 2.45) is 7.05 Å². The van der Waals surface area contributed by atoms with Gasteiger partial charge in [0.25, 0.3) is 0 Å². The van der Waals surface area contributed by atoms with Gasteiger partial charge in [0.15, 0.2) is 0 Å². The van der Waals surface area contributed by atoms with Gasteiger partial charge < -0.3 is 20.1 Å². The first-order valence-electron chi connectivity index (χ1n) is 9.48. The minimum absolute atomic E-state index is 0.0156. The number of nitrogens with one attached hydrogen (secondary N) is 1. The fraction of sp³-hybridized carbons (Fsp3) is 0.261. The van der Waals surface area contributed by atoms with E-state index in [1.807, 2.05) is 56.8 Å². The highest BCUT2D eigenvalue weighted by molar-refractivity contribution is 6.06. The molecule has 3 aromatic rings. The van der Waals surface area contributed by atoms with Gasteiger partial charge in [0, 0.05) is 42.8 Å². The Balaban J connectivity index is 2.16. The van der Waals surface area contributed by atoms with Crippen molar-refractivity contribution in [3.63, 3.8) is 0 Å². The Hall–Kier alpha value is -3.41. The van der Waals surface area contributed by atoms with Crippen LogP contribution in [-0.4, -0.2) is 27.9 Å². The first-order chi connectivity index (χ1) is 13.6. The zero-order chi connectivity index (χ0) is 21.5. The first kappa shape index (κ1) is 20.3. The number of anilines is 1. The Labute approximate surface area is 170 Å². The van der Waals surface area contributed by atoms with E-state index in [4.69, 9.17) is 0 Å². The lowest BCUT2D eigenvalue weighted by atomic mass is 9.97. The fourth-order valence-electron chi connectivity index (χ4n) is 3.63. The van der Waals surface area contributed by atoms with Gasteiger partial charge in [0.1, 0.15) is 11.5 Å². The smallest absolute Gasteiger partial charge is 0.326 e. The summed E-state index contributed by atoms with van der Waals surface area (Å²) in [6.07, 6.45) is 2.04.